The highest BCUT2D eigenvalue weighted by Crippen LogP contribution is 2.48. The second-order valence-corrected chi connectivity index (χ2v) is 5.08. The van der Waals surface area contributed by atoms with Crippen molar-refractivity contribution < 1.29 is 45.4 Å². The number of ketones is 1. The fourth-order valence-electron chi connectivity index (χ4n) is 1.46. The van der Waals surface area contributed by atoms with Crippen molar-refractivity contribution in [1.82, 2.24) is 0 Å². The first-order valence-corrected chi connectivity index (χ1v) is 6.35. The van der Waals surface area contributed by atoms with E-state index in [0.717, 1.165) is 11.4 Å². The molecule has 1 aromatic rings. The van der Waals surface area contributed by atoms with Gasteiger partial charge in [0, 0.05) is 18.4 Å². The smallest absolute Gasteiger partial charge is 0.459 e. The number of alkyl halides is 7. The summed E-state index contributed by atoms with van der Waals surface area (Å²) in [7, 11) is 0. The van der Waals surface area contributed by atoms with Crippen LogP contribution in [0.25, 0.3) is 0 Å². The van der Waals surface area contributed by atoms with Gasteiger partial charge in [-0.15, -0.1) is 11.3 Å². The SMILES string of the molecule is O=C(CCC(F)(F)C(F)(F)C(F)(F)F)c1ccsc1C(=O)O. The Morgan fingerprint density at radius 2 is 1.64 bits per heavy atom. The predicted octanol–water partition coefficient (Wildman–Crippen LogP) is 4.24. The Labute approximate surface area is 122 Å². The summed E-state index contributed by atoms with van der Waals surface area (Å²) in [6.45, 7) is 0. The molecule has 0 atom stereocenters. The van der Waals surface area contributed by atoms with Crippen molar-refractivity contribution >= 4 is 23.1 Å². The molecule has 0 aliphatic rings. The van der Waals surface area contributed by atoms with Crippen LogP contribution in [0, 0.1) is 0 Å². The summed E-state index contributed by atoms with van der Waals surface area (Å²) in [6.07, 6.45) is -9.88. The molecule has 3 nitrogen and oxygen atoms in total. The van der Waals surface area contributed by atoms with Gasteiger partial charge in [-0.1, -0.05) is 0 Å². The van der Waals surface area contributed by atoms with Gasteiger partial charge in [0.05, 0.1) is 0 Å². The minimum Gasteiger partial charge on any atom is -0.477 e. The quantitative estimate of drug-likeness (QED) is 0.615. The molecule has 0 aliphatic carbocycles. The number of carbonyl (C=O) groups is 2. The highest BCUT2D eigenvalue weighted by Gasteiger charge is 2.72. The number of thiophene rings is 1. The number of rotatable bonds is 6. The summed E-state index contributed by atoms with van der Waals surface area (Å²) in [5.41, 5.74) is -0.511. The van der Waals surface area contributed by atoms with Gasteiger partial charge in [0.1, 0.15) is 4.88 Å². The zero-order chi connectivity index (χ0) is 17.3. The Bertz CT molecular complexity index is 576. The molecular formula is C11H7F7O3S. The lowest BCUT2D eigenvalue weighted by atomic mass is 10.0. The fourth-order valence-corrected chi connectivity index (χ4v) is 2.21. The van der Waals surface area contributed by atoms with Crippen LogP contribution >= 0.6 is 11.3 Å². The lowest BCUT2D eigenvalue weighted by molar-refractivity contribution is -0.355. The average molecular weight is 352 g/mol. The largest absolute Gasteiger partial charge is 0.477 e. The van der Waals surface area contributed by atoms with Crippen LogP contribution in [0.15, 0.2) is 11.4 Å². The number of carbonyl (C=O) groups excluding carboxylic acids is 1. The molecule has 1 N–H and O–H groups in total. The maximum atomic E-state index is 13.0. The Kier molecular flexibility index (Phi) is 4.90. The highest BCUT2D eigenvalue weighted by atomic mass is 32.1. The third-order valence-electron chi connectivity index (χ3n) is 2.64. The molecule has 1 rings (SSSR count). The molecule has 1 aromatic heterocycles. The minimum absolute atomic E-state index is 0.504. The van der Waals surface area contributed by atoms with E-state index >= 15 is 0 Å². The van der Waals surface area contributed by atoms with Crippen LogP contribution in [0.4, 0.5) is 30.7 Å². The van der Waals surface area contributed by atoms with Crippen molar-refractivity contribution in [1.29, 1.82) is 0 Å². The molecule has 1 heterocycles. The molecule has 0 spiro atoms. The molecule has 0 bridgehead atoms. The van der Waals surface area contributed by atoms with Crippen molar-refractivity contribution in [3.63, 3.8) is 0 Å². The Morgan fingerprint density at radius 3 is 2.09 bits per heavy atom. The van der Waals surface area contributed by atoms with Crippen LogP contribution in [0.5, 0.6) is 0 Å². The van der Waals surface area contributed by atoms with E-state index in [1.165, 1.54) is 0 Å². The fraction of sp³-hybridized carbons (Fsp3) is 0.455. The van der Waals surface area contributed by atoms with E-state index in [1.54, 1.807) is 0 Å². The van der Waals surface area contributed by atoms with Gasteiger partial charge < -0.3 is 5.11 Å². The van der Waals surface area contributed by atoms with Crippen molar-refractivity contribution in [3.8, 4) is 0 Å². The second kappa shape index (κ2) is 5.86. The number of hydrogen-bond donors (Lipinski definition) is 1. The van der Waals surface area contributed by atoms with Crippen molar-refractivity contribution in [2.24, 2.45) is 0 Å². The van der Waals surface area contributed by atoms with Crippen LogP contribution in [0.2, 0.25) is 0 Å². The Hall–Kier alpha value is -1.65. The third kappa shape index (κ3) is 3.39. The third-order valence-corrected chi connectivity index (χ3v) is 3.54. The van der Waals surface area contributed by atoms with Crippen LogP contribution < -0.4 is 0 Å². The number of carboxylic acid groups (broad SMARTS) is 1. The number of Topliss-reactive ketones (excluding diaryl/α,β-unsaturated/α-hetero) is 1. The first-order valence-electron chi connectivity index (χ1n) is 5.47. The van der Waals surface area contributed by atoms with Crippen molar-refractivity contribution in [3.05, 3.63) is 21.9 Å². The molecule has 124 valence electrons. The van der Waals surface area contributed by atoms with Crippen molar-refractivity contribution in [2.45, 2.75) is 30.9 Å². The van der Waals surface area contributed by atoms with E-state index in [0.29, 0.717) is 11.3 Å². The Balaban J connectivity index is 2.87. The molecule has 0 saturated heterocycles. The average Bonchev–Trinajstić information content (AvgIpc) is 2.83. The molecule has 0 saturated carbocycles. The number of halogens is 7. The van der Waals surface area contributed by atoms with Gasteiger partial charge in [-0.2, -0.15) is 30.7 Å². The molecule has 0 amide bonds. The molecule has 0 aromatic carbocycles. The van der Waals surface area contributed by atoms with Gasteiger partial charge in [0.2, 0.25) is 0 Å². The molecule has 0 unspecified atom stereocenters. The maximum absolute atomic E-state index is 13.0. The summed E-state index contributed by atoms with van der Waals surface area (Å²) >= 11 is 0.593. The summed E-state index contributed by atoms with van der Waals surface area (Å²) in [6, 6.07) is 0.969. The van der Waals surface area contributed by atoms with Gasteiger partial charge in [-0.25, -0.2) is 4.79 Å². The molecule has 0 radical (unpaired) electrons. The van der Waals surface area contributed by atoms with Gasteiger partial charge in [0.25, 0.3) is 0 Å². The Morgan fingerprint density at radius 1 is 1.09 bits per heavy atom. The number of hydrogen-bond acceptors (Lipinski definition) is 3. The van der Waals surface area contributed by atoms with E-state index in [-0.39, 0.29) is 0 Å². The lowest BCUT2D eigenvalue weighted by Crippen LogP contribution is -2.52. The topological polar surface area (TPSA) is 54.4 Å². The number of aromatic carboxylic acids is 1. The number of carboxylic acids is 1. The molecular weight excluding hydrogens is 345 g/mol. The van der Waals surface area contributed by atoms with E-state index in [2.05, 4.69) is 0 Å². The van der Waals surface area contributed by atoms with E-state index in [4.69, 9.17) is 5.11 Å². The highest BCUT2D eigenvalue weighted by molar-refractivity contribution is 7.12. The van der Waals surface area contributed by atoms with E-state index in [1.807, 2.05) is 0 Å². The van der Waals surface area contributed by atoms with Crippen LogP contribution in [-0.4, -0.2) is 34.9 Å². The van der Waals surface area contributed by atoms with E-state index < -0.39 is 53.1 Å². The molecule has 0 fully saturated rings. The summed E-state index contributed by atoms with van der Waals surface area (Å²) in [4.78, 5) is 21.8. The van der Waals surface area contributed by atoms with Gasteiger partial charge >= 0.3 is 24.0 Å². The molecule has 11 heteroatoms. The van der Waals surface area contributed by atoms with Crippen molar-refractivity contribution in [2.75, 3.05) is 0 Å². The second-order valence-electron chi connectivity index (χ2n) is 4.17. The summed E-state index contributed by atoms with van der Waals surface area (Å²) in [5, 5.41) is 9.86. The lowest BCUT2D eigenvalue weighted by Gasteiger charge is -2.27. The van der Waals surface area contributed by atoms with Crippen LogP contribution in [-0.2, 0) is 0 Å². The van der Waals surface area contributed by atoms with E-state index in [9.17, 15) is 40.3 Å². The predicted molar refractivity (Wildman–Crippen MR) is 60.8 cm³/mol. The minimum atomic E-state index is -6.46. The zero-order valence-corrected chi connectivity index (χ0v) is 11.2. The maximum Gasteiger partial charge on any atom is 0.459 e. The monoisotopic (exact) mass is 352 g/mol. The first kappa shape index (κ1) is 18.4. The van der Waals surface area contributed by atoms with Gasteiger partial charge in [-0.05, 0) is 11.4 Å². The van der Waals surface area contributed by atoms with Crippen LogP contribution in [0.3, 0.4) is 0 Å². The van der Waals surface area contributed by atoms with Gasteiger partial charge in [0.15, 0.2) is 5.78 Å². The normalized spacial score (nSPS) is 13.2. The summed E-state index contributed by atoms with van der Waals surface area (Å²) < 4.78 is 87.0. The van der Waals surface area contributed by atoms with Crippen LogP contribution in [0.1, 0.15) is 32.9 Å². The first-order chi connectivity index (χ1) is 9.81. The van der Waals surface area contributed by atoms with Gasteiger partial charge in [-0.3, -0.25) is 4.79 Å². The summed E-state index contributed by atoms with van der Waals surface area (Å²) in [5.74, 6) is -14.6. The standard InChI is InChI=1S/C11H7F7O3S/c12-9(13,10(14,15)11(16,17)18)3-1-6(19)5-2-4-22-7(5)8(20)21/h2,4H,1,3H2,(H,20,21). The zero-order valence-electron chi connectivity index (χ0n) is 10.4. The molecule has 22 heavy (non-hydrogen) atoms. The molecule has 0 aliphatic heterocycles.